The fourth-order valence-electron chi connectivity index (χ4n) is 0.430. The SMILES string of the molecule is [2H]C([2H])([2H])n1cc(Br)nc1C#N. The number of nitrogens with zero attached hydrogens (tertiary/aromatic N) is 3. The van der Waals surface area contributed by atoms with Gasteiger partial charge in [0.15, 0.2) is 0 Å². The molecule has 0 aromatic carbocycles. The second-order valence-electron chi connectivity index (χ2n) is 1.37. The maximum absolute atomic E-state index is 8.49. The number of aromatic nitrogens is 2. The molecule has 1 aromatic rings. The van der Waals surface area contributed by atoms with Crippen molar-refractivity contribution in [3.05, 3.63) is 16.6 Å². The van der Waals surface area contributed by atoms with Crippen molar-refractivity contribution in [1.82, 2.24) is 9.55 Å². The normalized spacial score (nSPS) is 15.3. The average Bonchev–Trinajstić information content (AvgIpc) is 2.29. The highest BCUT2D eigenvalue weighted by molar-refractivity contribution is 9.10. The molecular weight excluding hydrogens is 182 g/mol. The molecule has 0 aliphatic heterocycles. The highest BCUT2D eigenvalue weighted by Crippen LogP contribution is 2.06. The maximum Gasteiger partial charge on any atom is 0.213 e. The Hall–Kier alpha value is -0.820. The summed E-state index contributed by atoms with van der Waals surface area (Å²) in [6.45, 7) is -2.34. The molecule has 0 atom stereocenters. The second-order valence-corrected chi connectivity index (χ2v) is 2.18. The Bertz CT molecular complexity index is 335. The summed E-state index contributed by atoms with van der Waals surface area (Å²) in [6, 6.07) is 1.68. The molecule has 0 fully saturated rings. The first-order chi connectivity index (χ1) is 5.45. The van der Waals surface area contributed by atoms with Gasteiger partial charge in [0.25, 0.3) is 0 Å². The summed E-state index contributed by atoms with van der Waals surface area (Å²) in [5.74, 6) is -0.123. The van der Waals surface area contributed by atoms with Crippen molar-refractivity contribution >= 4 is 15.9 Å². The summed E-state index contributed by atoms with van der Waals surface area (Å²) in [7, 11) is 0. The van der Waals surface area contributed by atoms with Crippen LogP contribution in [0.15, 0.2) is 10.8 Å². The van der Waals surface area contributed by atoms with Crippen LogP contribution >= 0.6 is 15.9 Å². The molecule has 1 heterocycles. The van der Waals surface area contributed by atoms with Gasteiger partial charge in [0.1, 0.15) is 10.7 Å². The predicted molar refractivity (Wildman–Crippen MR) is 35.6 cm³/mol. The van der Waals surface area contributed by atoms with Gasteiger partial charge >= 0.3 is 0 Å². The Labute approximate surface area is 65.3 Å². The molecule has 1 aromatic heterocycles. The largest absolute Gasteiger partial charge is 0.325 e. The molecule has 9 heavy (non-hydrogen) atoms. The Morgan fingerprint density at radius 3 is 3.33 bits per heavy atom. The van der Waals surface area contributed by atoms with Crippen molar-refractivity contribution in [3.8, 4) is 6.07 Å². The van der Waals surface area contributed by atoms with Crippen LogP contribution < -0.4 is 0 Å². The lowest BCUT2D eigenvalue weighted by Crippen LogP contribution is -1.88. The van der Waals surface area contributed by atoms with E-state index in [1.165, 1.54) is 6.20 Å². The summed E-state index contributed by atoms with van der Waals surface area (Å²) in [5.41, 5.74) is 0. The number of rotatable bonds is 0. The zero-order valence-electron chi connectivity index (χ0n) is 7.30. The first-order valence-electron chi connectivity index (χ1n) is 3.60. The fraction of sp³-hybridized carbons (Fsp3) is 0.200. The van der Waals surface area contributed by atoms with Crippen LogP contribution in [0.3, 0.4) is 0 Å². The van der Waals surface area contributed by atoms with Gasteiger partial charge < -0.3 is 4.57 Å². The zero-order chi connectivity index (χ0) is 9.35. The van der Waals surface area contributed by atoms with E-state index in [4.69, 9.17) is 9.37 Å². The lowest BCUT2D eigenvalue weighted by Gasteiger charge is -1.84. The molecule has 1 rings (SSSR count). The van der Waals surface area contributed by atoms with E-state index in [0.29, 0.717) is 4.60 Å². The van der Waals surface area contributed by atoms with Gasteiger partial charge in [-0.1, -0.05) is 0 Å². The number of aryl methyl sites for hydroxylation is 1. The average molecular weight is 189 g/mol. The molecule has 0 radical (unpaired) electrons. The Kier molecular flexibility index (Phi) is 0.822. The van der Waals surface area contributed by atoms with Crippen molar-refractivity contribution in [2.45, 2.75) is 0 Å². The molecule has 0 aliphatic carbocycles. The standard InChI is InChI=1S/C5H4BrN3/c1-9-3-4(6)8-5(9)2-7/h3H,1H3/i1D3. The van der Waals surface area contributed by atoms with E-state index in [2.05, 4.69) is 20.9 Å². The van der Waals surface area contributed by atoms with E-state index in [-0.39, 0.29) is 5.82 Å². The summed E-state index contributed by atoms with van der Waals surface area (Å²) < 4.78 is 22.2. The number of halogens is 1. The Morgan fingerprint density at radius 1 is 2.11 bits per heavy atom. The molecule has 0 bridgehead atoms. The van der Waals surface area contributed by atoms with Gasteiger partial charge in [0, 0.05) is 17.3 Å². The summed E-state index contributed by atoms with van der Waals surface area (Å²) in [4.78, 5) is 3.65. The third-order valence-corrected chi connectivity index (χ3v) is 1.16. The molecule has 4 heteroatoms. The van der Waals surface area contributed by atoms with E-state index in [1.807, 2.05) is 0 Å². The van der Waals surface area contributed by atoms with Gasteiger partial charge in [0.05, 0.1) is 0 Å². The van der Waals surface area contributed by atoms with E-state index < -0.39 is 6.98 Å². The number of hydrogen-bond acceptors (Lipinski definition) is 2. The van der Waals surface area contributed by atoms with Crippen molar-refractivity contribution in [2.24, 2.45) is 6.98 Å². The third-order valence-electron chi connectivity index (χ3n) is 0.777. The van der Waals surface area contributed by atoms with Crippen LogP contribution in [-0.2, 0) is 6.98 Å². The van der Waals surface area contributed by atoms with Crippen LogP contribution in [0.5, 0.6) is 0 Å². The molecule has 0 amide bonds. The smallest absolute Gasteiger partial charge is 0.213 e. The van der Waals surface area contributed by atoms with Crippen molar-refractivity contribution in [3.63, 3.8) is 0 Å². The van der Waals surface area contributed by atoms with Crippen LogP contribution in [0.4, 0.5) is 0 Å². The minimum atomic E-state index is -2.34. The predicted octanol–water partition coefficient (Wildman–Crippen LogP) is 1.05. The fourth-order valence-corrected chi connectivity index (χ4v) is 0.803. The quantitative estimate of drug-likeness (QED) is 0.612. The molecule has 3 nitrogen and oxygen atoms in total. The van der Waals surface area contributed by atoms with E-state index in [1.54, 1.807) is 6.07 Å². The first kappa shape index (κ1) is 3.37. The van der Waals surface area contributed by atoms with Crippen LogP contribution in [-0.4, -0.2) is 9.55 Å². The molecule has 0 spiro atoms. The Balaban J connectivity index is 3.25. The van der Waals surface area contributed by atoms with Crippen molar-refractivity contribution in [2.75, 3.05) is 0 Å². The number of imidazole rings is 1. The van der Waals surface area contributed by atoms with E-state index >= 15 is 0 Å². The van der Waals surface area contributed by atoms with Crippen LogP contribution in [0.2, 0.25) is 0 Å². The lowest BCUT2D eigenvalue weighted by atomic mass is 10.7. The van der Waals surface area contributed by atoms with Gasteiger partial charge in [-0.2, -0.15) is 5.26 Å². The summed E-state index contributed by atoms with van der Waals surface area (Å²) in [6.07, 6.45) is 1.26. The first-order valence-corrected chi connectivity index (χ1v) is 2.90. The van der Waals surface area contributed by atoms with Gasteiger partial charge in [-0.15, -0.1) is 0 Å². The number of nitriles is 1. The van der Waals surface area contributed by atoms with Crippen LogP contribution in [0, 0.1) is 11.3 Å². The van der Waals surface area contributed by atoms with Gasteiger partial charge in [0.2, 0.25) is 5.82 Å². The number of hydrogen-bond donors (Lipinski definition) is 0. The molecule has 46 valence electrons. The second kappa shape index (κ2) is 2.19. The highest BCUT2D eigenvalue weighted by Gasteiger charge is 1.98. The minimum Gasteiger partial charge on any atom is -0.325 e. The topological polar surface area (TPSA) is 41.6 Å². The third kappa shape index (κ3) is 1.11. The van der Waals surface area contributed by atoms with Gasteiger partial charge in [-0.3, -0.25) is 0 Å². The Morgan fingerprint density at radius 2 is 2.89 bits per heavy atom. The zero-order valence-corrected chi connectivity index (χ0v) is 5.88. The highest BCUT2D eigenvalue weighted by atomic mass is 79.9. The van der Waals surface area contributed by atoms with Crippen LogP contribution in [0.1, 0.15) is 9.94 Å². The van der Waals surface area contributed by atoms with Crippen LogP contribution in [0.25, 0.3) is 0 Å². The van der Waals surface area contributed by atoms with E-state index in [0.717, 1.165) is 4.57 Å². The molecule has 0 saturated heterocycles. The van der Waals surface area contributed by atoms with Crippen molar-refractivity contribution < 1.29 is 4.11 Å². The van der Waals surface area contributed by atoms with Gasteiger partial charge in [-0.25, -0.2) is 4.98 Å². The molecule has 0 unspecified atom stereocenters. The monoisotopic (exact) mass is 188 g/mol. The molecule has 0 N–H and O–H groups in total. The molecule has 0 saturated carbocycles. The molecule has 0 aliphatic rings. The summed E-state index contributed by atoms with van der Waals surface area (Å²) in [5, 5.41) is 8.49. The summed E-state index contributed by atoms with van der Waals surface area (Å²) >= 11 is 2.98. The maximum atomic E-state index is 8.49. The molecular formula is C5H4BrN3. The van der Waals surface area contributed by atoms with Crippen molar-refractivity contribution in [1.29, 1.82) is 5.26 Å². The van der Waals surface area contributed by atoms with Gasteiger partial charge in [-0.05, 0) is 15.9 Å². The minimum absolute atomic E-state index is 0.123. The van der Waals surface area contributed by atoms with E-state index in [9.17, 15) is 0 Å². The lowest BCUT2D eigenvalue weighted by molar-refractivity contribution is 0.889.